The zero-order valence-corrected chi connectivity index (χ0v) is 16.1. The molecule has 0 aliphatic carbocycles. The summed E-state index contributed by atoms with van der Waals surface area (Å²) >= 11 is 1.66. The van der Waals surface area contributed by atoms with Crippen molar-refractivity contribution in [3.8, 4) is 0 Å². The van der Waals surface area contributed by atoms with Gasteiger partial charge in [0.1, 0.15) is 5.82 Å². The fourth-order valence-electron chi connectivity index (χ4n) is 2.93. The predicted molar refractivity (Wildman–Crippen MR) is 107 cm³/mol. The lowest BCUT2D eigenvalue weighted by Gasteiger charge is -2.17. The molecular weight excluding hydrogens is 346 g/mol. The maximum atomic E-state index is 12.2. The summed E-state index contributed by atoms with van der Waals surface area (Å²) in [6, 6.07) is 9.63. The Bertz CT molecular complexity index is 744. The van der Waals surface area contributed by atoms with Crippen molar-refractivity contribution in [2.75, 3.05) is 42.7 Å². The standard InChI is InChI=1S/C19H25N5OS/c1-14-13-17(24-11-3-4-12-24)23-19(22-14)21-10-9-20-18(25)15-5-7-16(26-2)8-6-15/h5-8,13H,3-4,9-12H2,1-2H3,(H,20,25)(H,21,22,23). The summed E-state index contributed by atoms with van der Waals surface area (Å²) in [6.07, 6.45) is 4.45. The molecule has 0 saturated carbocycles. The van der Waals surface area contributed by atoms with Crippen molar-refractivity contribution in [1.82, 2.24) is 15.3 Å². The Balaban J connectivity index is 1.49. The van der Waals surface area contributed by atoms with E-state index in [9.17, 15) is 4.79 Å². The molecule has 1 amide bonds. The van der Waals surface area contributed by atoms with Crippen LogP contribution in [0.3, 0.4) is 0 Å². The molecular formula is C19H25N5OS. The average molecular weight is 372 g/mol. The summed E-state index contributed by atoms with van der Waals surface area (Å²) in [5, 5.41) is 6.12. The molecule has 1 aromatic heterocycles. The van der Waals surface area contributed by atoms with Gasteiger partial charge in [0, 0.05) is 48.4 Å². The van der Waals surface area contributed by atoms with E-state index in [4.69, 9.17) is 0 Å². The molecule has 2 heterocycles. The molecule has 138 valence electrons. The molecule has 1 aromatic carbocycles. The SMILES string of the molecule is CSc1ccc(C(=O)NCCNc2nc(C)cc(N3CCCC3)n2)cc1. The molecule has 3 rings (SSSR count). The molecule has 7 heteroatoms. The first-order valence-electron chi connectivity index (χ1n) is 8.92. The number of aromatic nitrogens is 2. The van der Waals surface area contributed by atoms with Crippen LogP contribution in [0.1, 0.15) is 28.9 Å². The molecule has 1 fully saturated rings. The molecule has 0 unspecified atom stereocenters. The first-order chi connectivity index (χ1) is 12.7. The van der Waals surface area contributed by atoms with Gasteiger partial charge in [0.2, 0.25) is 5.95 Å². The van der Waals surface area contributed by atoms with Crippen LogP contribution in [0.2, 0.25) is 0 Å². The van der Waals surface area contributed by atoms with E-state index >= 15 is 0 Å². The molecule has 0 bridgehead atoms. The monoisotopic (exact) mass is 371 g/mol. The van der Waals surface area contributed by atoms with Crippen LogP contribution >= 0.6 is 11.8 Å². The lowest BCUT2D eigenvalue weighted by molar-refractivity contribution is 0.0955. The van der Waals surface area contributed by atoms with E-state index in [2.05, 4.69) is 25.5 Å². The number of amides is 1. The van der Waals surface area contributed by atoms with Gasteiger partial charge in [0.25, 0.3) is 5.91 Å². The van der Waals surface area contributed by atoms with E-state index in [1.807, 2.05) is 43.5 Å². The van der Waals surface area contributed by atoms with Gasteiger partial charge in [-0.3, -0.25) is 4.79 Å². The lowest BCUT2D eigenvalue weighted by Crippen LogP contribution is -2.29. The van der Waals surface area contributed by atoms with E-state index in [1.165, 1.54) is 12.8 Å². The van der Waals surface area contributed by atoms with E-state index in [1.54, 1.807) is 11.8 Å². The van der Waals surface area contributed by atoms with Gasteiger partial charge in [-0.05, 0) is 50.3 Å². The zero-order chi connectivity index (χ0) is 18.4. The third-order valence-corrected chi connectivity index (χ3v) is 5.06. The zero-order valence-electron chi connectivity index (χ0n) is 15.3. The largest absolute Gasteiger partial charge is 0.356 e. The number of benzene rings is 1. The van der Waals surface area contributed by atoms with Gasteiger partial charge >= 0.3 is 0 Å². The second-order valence-electron chi connectivity index (χ2n) is 6.30. The van der Waals surface area contributed by atoms with Crippen LogP contribution in [-0.4, -0.2) is 48.3 Å². The predicted octanol–water partition coefficient (Wildman–Crippen LogP) is 2.95. The van der Waals surface area contributed by atoms with Gasteiger partial charge in [-0.2, -0.15) is 4.98 Å². The van der Waals surface area contributed by atoms with Crippen molar-refractivity contribution in [2.24, 2.45) is 0 Å². The smallest absolute Gasteiger partial charge is 0.251 e. The molecule has 0 atom stereocenters. The first-order valence-corrected chi connectivity index (χ1v) is 10.1. The van der Waals surface area contributed by atoms with Gasteiger partial charge in [0.15, 0.2) is 0 Å². The molecule has 26 heavy (non-hydrogen) atoms. The highest BCUT2D eigenvalue weighted by Crippen LogP contribution is 2.19. The Hall–Kier alpha value is -2.28. The molecule has 6 nitrogen and oxygen atoms in total. The fraction of sp³-hybridized carbons (Fsp3) is 0.421. The summed E-state index contributed by atoms with van der Waals surface area (Å²) in [5.74, 6) is 1.53. The minimum atomic E-state index is -0.0673. The topological polar surface area (TPSA) is 70.2 Å². The Morgan fingerprint density at radius 2 is 1.88 bits per heavy atom. The summed E-state index contributed by atoms with van der Waals surface area (Å²) in [5.41, 5.74) is 1.62. The van der Waals surface area contributed by atoms with Crippen LogP contribution in [0.15, 0.2) is 35.2 Å². The number of rotatable bonds is 7. The summed E-state index contributed by atoms with van der Waals surface area (Å²) < 4.78 is 0. The van der Waals surface area contributed by atoms with Crippen molar-refractivity contribution < 1.29 is 4.79 Å². The van der Waals surface area contributed by atoms with Gasteiger partial charge in [-0.25, -0.2) is 4.98 Å². The number of nitrogens with zero attached hydrogens (tertiary/aromatic N) is 3. The molecule has 2 N–H and O–H groups in total. The number of hydrogen-bond donors (Lipinski definition) is 2. The van der Waals surface area contributed by atoms with E-state index in [0.29, 0.717) is 24.6 Å². The number of nitrogens with one attached hydrogen (secondary N) is 2. The van der Waals surface area contributed by atoms with E-state index in [-0.39, 0.29) is 5.91 Å². The average Bonchev–Trinajstić information content (AvgIpc) is 3.19. The molecule has 1 saturated heterocycles. The Labute approximate surface area is 158 Å². The van der Waals surface area contributed by atoms with E-state index in [0.717, 1.165) is 29.5 Å². The van der Waals surface area contributed by atoms with Crippen LogP contribution in [0.4, 0.5) is 11.8 Å². The van der Waals surface area contributed by atoms with Crippen LogP contribution in [-0.2, 0) is 0 Å². The summed E-state index contributed by atoms with van der Waals surface area (Å²) in [7, 11) is 0. The highest BCUT2D eigenvalue weighted by atomic mass is 32.2. The third kappa shape index (κ3) is 4.88. The Morgan fingerprint density at radius 1 is 1.15 bits per heavy atom. The van der Waals surface area contributed by atoms with Crippen LogP contribution < -0.4 is 15.5 Å². The number of thioether (sulfide) groups is 1. The summed E-state index contributed by atoms with van der Waals surface area (Å²) in [6.45, 7) is 5.19. The number of aryl methyl sites for hydroxylation is 1. The highest BCUT2D eigenvalue weighted by Gasteiger charge is 2.15. The third-order valence-electron chi connectivity index (χ3n) is 4.32. The normalized spacial score (nSPS) is 13.7. The molecule has 1 aliphatic heterocycles. The Morgan fingerprint density at radius 3 is 2.58 bits per heavy atom. The van der Waals surface area contributed by atoms with Crippen molar-refractivity contribution in [3.63, 3.8) is 0 Å². The van der Waals surface area contributed by atoms with Crippen molar-refractivity contribution in [3.05, 3.63) is 41.6 Å². The quantitative estimate of drug-likeness (QED) is 0.576. The fourth-order valence-corrected chi connectivity index (χ4v) is 3.34. The maximum Gasteiger partial charge on any atom is 0.251 e. The molecule has 1 aliphatic rings. The maximum absolute atomic E-state index is 12.2. The number of carbonyl (C=O) groups excluding carboxylic acids is 1. The van der Waals surface area contributed by atoms with Crippen molar-refractivity contribution >= 4 is 29.4 Å². The van der Waals surface area contributed by atoms with Crippen molar-refractivity contribution in [2.45, 2.75) is 24.7 Å². The number of carbonyl (C=O) groups is 1. The minimum Gasteiger partial charge on any atom is -0.356 e. The molecule has 0 spiro atoms. The highest BCUT2D eigenvalue weighted by molar-refractivity contribution is 7.98. The van der Waals surface area contributed by atoms with E-state index < -0.39 is 0 Å². The van der Waals surface area contributed by atoms with Crippen molar-refractivity contribution in [1.29, 1.82) is 0 Å². The minimum absolute atomic E-state index is 0.0673. The van der Waals surface area contributed by atoms with Gasteiger partial charge in [0.05, 0.1) is 0 Å². The number of anilines is 2. The van der Waals surface area contributed by atoms with Gasteiger partial charge in [-0.15, -0.1) is 11.8 Å². The Kier molecular flexibility index (Phi) is 6.33. The van der Waals surface area contributed by atoms with Crippen LogP contribution in [0.25, 0.3) is 0 Å². The summed E-state index contributed by atoms with van der Waals surface area (Å²) in [4.78, 5) is 24.6. The van der Waals surface area contributed by atoms with Crippen LogP contribution in [0, 0.1) is 6.92 Å². The molecule has 0 radical (unpaired) electrons. The molecule has 2 aromatic rings. The second kappa shape index (κ2) is 8.89. The first kappa shape index (κ1) is 18.5. The number of hydrogen-bond acceptors (Lipinski definition) is 6. The lowest BCUT2D eigenvalue weighted by atomic mass is 10.2. The second-order valence-corrected chi connectivity index (χ2v) is 7.18. The van der Waals surface area contributed by atoms with Gasteiger partial charge < -0.3 is 15.5 Å². The van der Waals surface area contributed by atoms with Crippen LogP contribution in [0.5, 0.6) is 0 Å². The van der Waals surface area contributed by atoms with Gasteiger partial charge in [-0.1, -0.05) is 0 Å².